The molecular formula is C19H20FNO5. The maximum atomic E-state index is 12.8. The smallest absolute Gasteiger partial charge is 0.328 e. The third-order valence-corrected chi connectivity index (χ3v) is 3.06. The summed E-state index contributed by atoms with van der Waals surface area (Å²) in [6.07, 6.45) is 1.74. The van der Waals surface area contributed by atoms with E-state index in [0.29, 0.717) is 24.4 Å². The lowest BCUT2D eigenvalue weighted by atomic mass is 10.1. The van der Waals surface area contributed by atoms with E-state index in [-0.39, 0.29) is 11.9 Å². The van der Waals surface area contributed by atoms with Gasteiger partial charge in [0.25, 0.3) is 0 Å². The SMILES string of the molecule is NCCC(Oc1ccc(F)cc1)c1ccccc1.O=C(O)/C=C\C(=O)O. The van der Waals surface area contributed by atoms with Crippen molar-refractivity contribution in [1.29, 1.82) is 0 Å². The highest BCUT2D eigenvalue weighted by molar-refractivity contribution is 5.89. The lowest BCUT2D eigenvalue weighted by Gasteiger charge is -2.19. The molecule has 0 aliphatic rings. The number of ether oxygens (including phenoxy) is 1. The Bertz CT molecular complexity index is 700. The average molecular weight is 361 g/mol. The van der Waals surface area contributed by atoms with Crippen LogP contribution in [-0.2, 0) is 9.59 Å². The van der Waals surface area contributed by atoms with Gasteiger partial charge in [0.1, 0.15) is 17.7 Å². The molecule has 0 heterocycles. The lowest BCUT2D eigenvalue weighted by Crippen LogP contribution is -2.13. The molecule has 26 heavy (non-hydrogen) atoms. The quantitative estimate of drug-likeness (QED) is 0.654. The third kappa shape index (κ3) is 8.60. The second-order valence-corrected chi connectivity index (χ2v) is 5.06. The van der Waals surface area contributed by atoms with Crippen molar-refractivity contribution >= 4 is 11.9 Å². The van der Waals surface area contributed by atoms with E-state index >= 15 is 0 Å². The van der Waals surface area contributed by atoms with E-state index in [1.165, 1.54) is 12.1 Å². The van der Waals surface area contributed by atoms with Crippen molar-refractivity contribution in [3.8, 4) is 5.75 Å². The van der Waals surface area contributed by atoms with E-state index in [2.05, 4.69) is 0 Å². The molecule has 0 saturated carbocycles. The zero-order valence-corrected chi connectivity index (χ0v) is 13.9. The van der Waals surface area contributed by atoms with Gasteiger partial charge in [0, 0.05) is 18.6 Å². The van der Waals surface area contributed by atoms with Gasteiger partial charge in [0.05, 0.1) is 0 Å². The molecule has 0 aliphatic carbocycles. The largest absolute Gasteiger partial charge is 0.486 e. The highest BCUT2D eigenvalue weighted by Crippen LogP contribution is 2.24. The van der Waals surface area contributed by atoms with Crippen LogP contribution in [0.5, 0.6) is 5.75 Å². The molecule has 0 aliphatic heterocycles. The summed E-state index contributed by atoms with van der Waals surface area (Å²) in [6, 6.07) is 15.9. The van der Waals surface area contributed by atoms with Gasteiger partial charge in [-0.05, 0) is 36.4 Å². The van der Waals surface area contributed by atoms with Crippen molar-refractivity contribution in [1.82, 2.24) is 0 Å². The number of carboxylic acids is 2. The van der Waals surface area contributed by atoms with Crippen LogP contribution in [0.2, 0.25) is 0 Å². The molecule has 0 saturated heterocycles. The van der Waals surface area contributed by atoms with Gasteiger partial charge >= 0.3 is 11.9 Å². The Morgan fingerprint density at radius 2 is 1.54 bits per heavy atom. The van der Waals surface area contributed by atoms with Gasteiger partial charge in [-0.15, -0.1) is 0 Å². The summed E-state index contributed by atoms with van der Waals surface area (Å²) < 4.78 is 18.7. The number of nitrogens with two attached hydrogens (primary N) is 1. The Hall–Kier alpha value is -3.19. The fourth-order valence-corrected chi connectivity index (χ4v) is 1.93. The maximum absolute atomic E-state index is 12.8. The predicted octanol–water partition coefficient (Wildman–Crippen LogP) is 3.01. The van der Waals surface area contributed by atoms with Crippen molar-refractivity contribution in [3.63, 3.8) is 0 Å². The minimum atomic E-state index is -1.26. The zero-order valence-electron chi connectivity index (χ0n) is 13.9. The highest BCUT2D eigenvalue weighted by atomic mass is 19.1. The zero-order chi connectivity index (χ0) is 19.4. The molecule has 2 rings (SSSR count). The third-order valence-electron chi connectivity index (χ3n) is 3.06. The summed E-state index contributed by atoms with van der Waals surface area (Å²) in [5.41, 5.74) is 6.68. The van der Waals surface area contributed by atoms with E-state index < -0.39 is 11.9 Å². The van der Waals surface area contributed by atoms with Crippen LogP contribution < -0.4 is 10.5 Å². The second kappa shape index (κ2) is 11.4. The van der Waals surface area contributed by atoms with Gasteiger partial charge in [-0.1, -0.05) is 30.3 Å². The molecule has 0 fully saturated rings. The number of benzene rings is 2. The second-order valence-electron chi connectivity index (χ2n) is 5.06. The molecule has 0 amide bonds. The molecule has 138 valence electrons. The van der Waals surface area contributed by atoms with Crippen LogP contribution in [-0.4, -0.2) is 28.7 Å². The summed E-state index contributed by atoms with van der Waals surface area (Å²) >= 11 is 0. The van der Waals surface area contributed by atoms with Crippen LogP contribution in [0.25, 0.3) is 0 Å². The Balaban J connectivity index is 0.000000359. The molecule has 0 bridgehead atoms. The molecule has 0 aromatic heterocycles. The van der Waals surface area contributed by atoms with E-state index in [9.17, 15) is 14.0 Å². The Morgan fingerprint density at radius 3 is 2.00 bits per heavy atom. The van der Waals surface area contributed by atoms with Crippen molar-refractivity contribution in [2.75, 3.05) is 6.54 Å². The molecule has 6 nitrogen and oxygen atoms in total. The van der Waals surface area contributed by atoms with E-state index in [0.717, 1.165) is 12.0 Å². The monoisotopic (exact) mass is 361 g/mol. The number of carbonyl (C=O) groups is 2. The lowest BCUT2D eigenvalue weighted by molar-refractivity contribution is -0.134. The molecule has 1 unspecified atom stereocenters. The molecular weight excluding hydrogens is 341 g/mol. The summed E-state index contributed by atoms with van der Waals surface area (Å²) in [5, 5.41) is 15.6. The van der Waals surface area contributed by atoms with Gasteiger partial charge in [-0.3, -0.25) is 0 Å². The van der Waals surface area contributed by atoms with Crippen LogP contribution in [0.15, 0.2) is 66.7 Å². The standard InChI is InChI=1S/C15H16FNO.C4H4O4/c16-13-6-8-14(9-7-13)18-15(10-11-17)12-4-2-1-3-5-12;5-3(6)1-2-4(7)8/h1-9,15H,10-11,17H2;1-2H,(H,5,6)(H,7,8)/b;2-1-. The fraction of sp³-hybridized carbons (Fsp3) is 0.158. The molecule has 2 aromatic rings. The molecule has 0 radical (unpaired) electrons. The summed E-state index contributed by atoms with van der Waals surface area (Å²) in [4.78, 5) is 19.1. The molecule has 0 spiro atoms. The first-order valence-corrected chi connectivity index (χ1v) is 7.73. The van der Waals surface area contributed by atoms with E-state index in [4.69, 9.17) is 20.7 Å². The van der Waals surface area contributed by atoms with E-state index in [1.54, 1.807) is 12.1 Å². The number of hydrogen-bond donors (Lipinski definition) is 3. The van der Waals surface area contributed by atoms with Gasteiger partial charge < -0.3 is 20.7 Å². The normalized spacial score (nSPS) is 11.3. The minimum Gasteiger partial charge on any atom is -0.486 e. The summed E-state index contributed by atoms with van der Waals surface area (Å²) in [7, 11) is 0. The first-order valence-electron chi connectivity index (χ1n) is 7.73. The molecule has 7 heteroatoms. The number of halogens is 1. The Labute approximate surface area is 150 Å². The first kappa shape index (κ1) is 20.9. The molecule has 2 aromatic carbocycles. The van der Waals surface area contributed by atoms with Crippen LogP contribution in [0.3, 0.4) is 0 Å². The van der Waals surface area contributed by atoms with Crippen LogP contribution >= 0.6 is 0 Å². The number of carboxylic acid groups (broad SMARTS) is 2. The van der Waals surface area contributed by atoms with Crippen molar-refractivity contribution in [3.05, 3.63) is 78.1 Å². The van der Waals surface area contributed by atoms with Crippen LogP contribution in [0.1, 0.15) is 18.1 Å². The number of aliphatic carboxylic acids is 2. The van der Waals surface area contributed by atoms with Gasteiger partial charge in [-0.2, -0.15) is 0 Å². The van der Waals surface area contributed by atoms with Crippen molar-refractivity contribution in [2.45, 2.75) is 12.5 Å². The highest BCUT2D eigenvalue weighted by Gasteiger charge is 2.12. The minimum absolute atomic E-state index is 0.0957. The summed E-state index contributed by atoms with van der Waals surface area (Å²) in [6.45, 7) is 0.542. The van der Waals surface area contributed by atoms with Gasteiger partial charge in [0.2, 0.25) is 0 Å². The fourth-order valence-electron chi connectivity index (χ4n) is 1.93. The van der Waals surface area contributed by atoms with Crippen molar-refractivity contribution in [2.24, 2.45) is 5.73 Å². The average Bonchev–Trinajstić information content (AvgIpc) is 2.63. The summed E-state index contributed by atoms with van der Waals surface area (Å²) in [5.74, 6) is -2.13. The van der Waals surface area contributed by atoms with E-state index in [1.807, 2.05) is 30.3 Å². The van der Waals surface area contributed by atoms with Crippen LogP contribution in [0, 0.1) is 5.82 Å². The van der Waals surface area contributed by atoms with Gasteiger partial charge in [-0.25, -0.2) is 14.0 Å². The maximum Gasteiger partial charge on any atom is 0.328 e. The topological polar surface area (TPSA) is 110 Å². The molecule has 1 atom stereocenters. The Morgan fingerprint density at radius 1 is 1.00 bits per heavy atom. The first-order chi connectivity index (χ1) is 12.4. The number of rotatable bonds is 7. The van der Waals surface area contributed by atoms with Crippen molar-refractivity contribution < 1.29 is 28.9 Å². The van der Waals surface area contributed by atoms with Crippen LogP contribution in [0.4, 0.5) is 4.39 Å². The Kier molecular flexibility index (Phi) is 9.13. The van der Waals surface area contributed by atoms with Gasteiger partial charge in [0.15, 0.2) is 0 Å². The number of hydrogen-bond acceptors (Lipinski definition) is 4. The predicted molar refractivity (Wildman–Crippen MR) is 94.3 cm³/mol. The molecule has 4 N–H and O–H groups in total.